The molecule has 1 heterocycles. The Balaban J connectivity index is 1.74. The molecule has 3 rings (SSSR count). The molecule has 1 aromatic rings. The third-order valence-electron chi connectivity index (χ3n) is 4.82. The predicted molar refractivity (Wildman–Crippen MR) is 80.4 cm³/mol. The lowest BCUT2D eigenvalue weighted by Crippen LogP contribution is -2.62. The molecule has 1 saturated carbocycles. The van der Waals surface area contributed by atoms with Gasteiger partial charge < -0.3 is 5.32 Å². The molecule has 0 aromatic heterocycles. The van der Waals surface area contributed by atoms with E-state index >= 15 is 0 Å². The molecule has 20 heavy (non-hydrogen) atoms. The van der Waals surface area contributed by atoms with Crippen LogP contribution in [0.1, 0.15) is 32.3 Å². The smallest absolute Gasteiger partial charge is 0.124 e. The first-order chi connectivity index (χ1) is 9.48. The topological polar surface area (TPSA) is 15.3 Å². The van der Waals surface area contributed by atoms with Gasteiger partial charge in [-0.05, 0) is 50.3 Å². The standard InChI is InChI=1S/C16H22ClFN2/c1-11-8-19-16(2,13-4-5-13)10-20(11)9-12-3-6-14(18)7-15(12)17/h3,6-7,11,13,19H,4-5,8-10H2,1-2H3. The number of hydrogen-bond donors (Lipinski definition) is 1. The molecule has 2 fully saturated rings. The number of nitrogens with one attached hydrogen (secondary N) is 1. The van der Waals surface area contributed by atoms with Gasteiger partial charge in [0.1, 0.15) is 5.82 Å². The summed E-state index contributed by atoms with van der Waals surface area (Å²) >= 11 is 6.16. The van der Waals surface area contributed by atoms with Crippen LogP contribution in [0.3, 0.4) is 0 Å². The molecule has 2 atom stereocenters. The van der Waals surface area contributed by atoms with Crippen LogP contribution in [0.15, 0.2) is 18.2 Å². The SMILES string of the molecule is CC1CNC(C)(C2CC2)CN1Cc1ccc(F)cc1Cl. The van der Waals surface area contributed by atoms with Crippen LogP contribution in [-0.4, -0.2) is 29.6 Å². The second-order valence-electron chi connectivity index (χ2n) is 6.56. The van der Waals surface area contributed by atoms with Crippen LogP contribution in [0, 0.1) is 11.7 Å². The first kappa shape index (κ1) is 14.3. The van der Waals surface area contributed by atoms with Crippen molar-refractivity contribution < 1.29 is 4.39 Å². The molecule has 1 aliphatic heterocycles. The van der Waals surface area contributed by atoms with E-state index < -0.39 is 0 Å². The lowest BCUT2D eigenvalue weighted by Gasteiger charge is -2.45. The van der Waals surface area contributed by atoms with Crippen molar-refractivity contribution in [1.82, 2.24) is 10.2 Å². The van der Waals surface area contributed by atoms with Gasteiger partial charge in [0.2, 0.25) is 0 Å². The molecule has 110 valence electrons. The van der Waals surface area contributed by atoms with E-state index in [0.29, 0.717) is 11.1 Å². The van der Waals surface area contributed by atoms with Gasteiger partial charge in [-0.1, -0.05) is 17.7 Å². The summed E-state index contributed by atoms with van der Waals surface area (Å²) in [5.41, 5.74) is 1.24. The Labute approximate surface area is 125 Å². The lowest BCUT2D eigenvalue weighted by atomic mass is 9.91. The van der Waals surface area contributed by atoms with E-state index in [1.807, 2.05) is 0 Å². The van der Waals surface area contributed by atoms with Gasteiger partial charge in [-0.25, -0.2) is 4.39 Å². The lowest BCUT2D eigenvalue weighted by molar-refractivity contribution is 0.0770. The molecule has 2 aliphatic rings. The third-order valence-corrected chi connectivity index (χ3v) is 5.18. The van der Waals surface area contributed by atoms with E-state index in [-0.39, 0.29) is 11.4 Å². The van der Waals surface area contributed by atoms with Crippen molar-refractivity contribution in [3.63, 3.8) is 0 Å². The van der Waals surface area contributed by atoms with Crippen molar-refractivity contribution in [2.75, 3.05) is 13.1 Å². The maximum atomic E-state index is 13.1. The second-order valence-corrected chi connectivity index (χ2v) is 6.97. The number of piperazine rings is 1. The molecule has 2 unspecified atom stereocenters. The Morgan fingerprint density at radius 2 is 2.20 bits per heavy atom. The molecule has 0 bridgehead atoms. The Hall–Kier alpha value is -0.640. The van der Waals surface area contributed by atoms with E-state index in [1.54, 1.807) is 6.07 Å². The normalized spacial score (nSPS) is 31.5. The molecule has 4 heteroatoms. The van der Waals surface area contributed by atoms with Crippen LogP contribution in [0.4, 0.5) is 4.39 Å². The third kappa shape index (κ3) is 2.85. The van der Waals surface area contributed by atoms with E-state index in [4.69, 9.17) is 11.6 Å². The fourth-order valence-corrected chi connectivity index (χ4v) is 3.44. The summed E-state index contributed by atoms with van der Waals surface area (Å²) in [6.07, 6.45) is 2.67. The minimum atomic E-state index is -0.269. The fourth-order valence-electron chi connectivity index (χ4n) is 3.22. The van der Waals surface area contributed by atoms with Crippen LogP contribution in [-0.2, 0) is 6.54 Å². The molecule has 2 nitrogen and oxygen atoms in total. The van der Waals surface area contributed by atoms with Crippen molar-refractivity contribution in [3.05, 3.63) is 34.6 Å². The van der Waals surface area contributed by atoms with Crippen LogP contribution in [0.2, 0.25) is 5.02 Å². The highest BCUT2D eigenvalue weighted by molar-refractivity contribution is 6.31. The van der Waals surface area contributed by atoms with E-state index in [0.717, 1.165) is 31.1 Å². The van der Waals surface area contributed by atoms with Gasteiger partial charge in [-0.3, -0.25) is 4.90 Å². The fraction of sp³-hybridized carbons (Fsp3) is 0.625. The van der Waals surface area contributed by atoms with Gasteiger partial charge in [0, 0.05) is 36.2 Å². The van der Waals surface area contributed by atoms with Gasteiger partial charge in [-0.2, -0.15) is 0 Å². The Kier molecular flexibility index (Phi) is 3.78. The zero-order chi connectivity index (χ0) is 14.3. The average molecular weight is 297 g/mol. The maximum absolute atomic E-state index is 13.1. The van der Waals surface area contributed by atoms with E-state index in [1.165, 1.54) is 25.0 Å². The minimum Gasteiger partial charge on any atom is -0.308 e. The van der Waals surface area contributed by atoms with Crippen LogP contribution in [0.25, 0.3) is 0 Å². The summed E-state index contributed by atoms with van der Waals surface area (Å²) in [4.78, 5) is 2.47. The molecular weight excluding hydrogens is 275 g/mol. The molecule has 0 radical (unpaired) electrons. The predicted octanol–water partition coefficient (Wildman–Crippen LogP) is 3.44. The quantitative estimate of drug-likeness (QED) is 0.919. The van der Waals surface area contributed by atoms with E-state index in [2.05, 4.69) is 24.1 Å². The number of hydrogen-bond acceptors (Lipinski definition) is 2. The minimum absolute atomic E-state index is 0.221. The molecule has 1 aliphatic carbocycles. The van der Waals surface area contributed by atoms with Crippen molar-refractivity contribution in [2.45, 2.75) is 44.8 Å². The van der Waals surface area contributed by atoms with Crippen molar-refractivity contribution in [2.24, 2.45) is 5.92 Å². The van der Waals surface area contributed by atoms with Gasteiger partial charge in [0.05, 0.1) is 0 Å². The number of nitrogens with zero attached hydrogens (tertiary/aromatic N) is 1. The summed E-state index contributed by atoms with van der Waals surface area (Å²) < 4.78 is 13.1. The van der Waals surface area contributed by atoms with Crippen molar-refractivity contribution in [1.29, 1.82) is 0 Å². The van der Waals surface area contributed by atoms with Gasteiger partial charge >= 0.3 is 0 Å². The van der Waals surface area contributed by atoms with Crippen LogP contribution < -0.4 is 5.32 Å². The Morgan fingerprint density at radius 3 is 2.85 bits per heavy atom. The van der Waals surface area contributed by atoms with Gasteiger partial charge in [0.25, 0.3) is 0 Å². The summed E-state index contributed by atoms with van der Waals surface area (Å²) in [6.45, 7) is 7.40. The molecule has 1 N–H and O–H groups in total. The molecule has 1 aromatic carbocycles. The largest absolute Gasteiger partial charge is 0.308 e. The monoisotopic (exact) mass is 296 g/mol. The van der Waals surface area contributed by atoms with Crippen LogP contribution >= 0.6 is 11.6 Å². The molecular formula is C16H22ClFN2. The number of benzene rings is 1. The van der Waals surface area contributed by atoms with Crippen molar-refractivity contribution in [3.8, 4) is 0 Å². The van der Waals surface area contributed by atoms with Gasteiger partial charge in [-0.15, -0.1) is 0 Å². The summed E-state index contributed by atoms with van der Waals surface area (Å²) in [6, 6.07) is 5.18. The summed E-state index contributed by atoms with van der Waals surface area (Å²) in [7, 11) is 0. The highest BCUT2D eigenvalue weighted by Crippen LogP contribution is 2.41. The molecule has 0 amide bonds. The summed E-state index contributed by atoms with van der Waals surface area (Å²) in [5, 5.41) is 4.24. The molecule has 1 saturated heterocycles. The number of rotatable bonds is 3. The Morgan fingerprint density at radius 1 is 1.45 bits per heavy atom. The number of halogens is 2. The van der Waals surface area contributed by atoms with E-state index in [9.17, 15) is 4.39 Å². The maximum Gasteiger partial charge on any atom is 0.124 e. The highest BCUT2D eigenvalue weighted by Gasteiger charge is 2.45. The average Bonchev–Trinajstić information content (AvgIpc) is 3.22. The highest BCUT2D eigenvalue weighted by atomic mass is 35.5. The second kappa shape index (κ2) is 5.28. The molecule has 0 spiro atoms. The van der Waals surface area contributed by atoms with Crippen molar-refractivity contribution >= 4 is 11.6 Å². The van der Waals surface area contributed by atoms with Gasteiger partial charge in [0.15, 0.2) is 0 Å². The van der Waals surface area contributed by atoms with Crippen LogP contribution in [0.5, 0.6) is 0 Å². The first-order valence-electron chi connectivity index (χ1n) is 7.41. The zero-order valence-corrected chi connectivity index (χ0v) is 12.9. The summed E-state index contributed by atoms with van der Waals surface area (Å²) in [5.74, 6) is 0.538. The Bertz CT molecular complexity index is 503. The first-order valence-corrected chi connectivity index (χ1v) is 7.79. The zero-order valence-electron chi connectivity index (χ0n) is 12.1.